The third-order valence-electron chi connectivity index (χ3n) is 3.43. The first-order valence-corrected chi connectivity index (χ1v) is 6.70. The molecule has 0 aliphatic carbocycles. The largest absolute Gasteiger partial charge is 0.395 e. The van der Waals surface area contributed by atoms with Gasteiger partial charge in [0, 0.05) is 23.6 Å². The van der Waals surface area contributed by atoms with Crippen LogP contribution in [-0.4, -0.2) is 28.7 Å². The second kappa shape index (κ2) is 5.92. The van der Waals surface area contributed by atoms with Crippen LogP contribution in [0, 0.1) is 20.8 Å². The molecule has 2 rings (SSSR count). The highest BCUT2D eigenvalue weighted by molar-refractivity contribution is 5.95. The molecule has 0 fully saturated rings. The third-order valence-corrected chi connectivity index (χ3v) is 3.43. The molecule has 20 heavy (non-hydrogen) atoms. The van der Waals surface area contributed by atoms with Crippen LogP contribution in [0.1, 0.15) is 27.3 Å². The maximum absolute atomic E-state index is 12.1. The van der Waals surface area contributed by atoms with E-state index in [9.17, 15) is 4.79 Å². The molecule has 2 N–H and O–H groups in total. The summed E-state index contributed by atoms with van der Waals surface area (Å²) in [5.74, 6) is -0.146. The first-order chi connectivity index (χ1) is 9.56. The Kier molecular flexibility index (Phi) is 4.25. The number of nitrogens with one attached hydrogen (secondary N) is 1. The zero-order valence-electron chi connectivity index (χ0n) is 12.1. The van der Waals surface area contributed by atoms with Gasteiger partial charge in [0.2, 0.25) is 0 Å². The van der Waals surface area contributed by atoms with Gasteiger partial charge >= 0.3 is 0 Å². The van der Waals surface area contributed by atoms with Gasteiger partial charge in [0.1, 0.15) is 0 Å². The summed E-state index contributed by atoms with van der Waals surface area (Å²) in [4.78, 5) is 12.1. The molecule has 0 atom stereocenters. The summed E-state index contributed by atoms with van der Waals surface area (Å²) in [6.07, 6.45) is 0. The molecule has 4 nitrogen and oxygen atoms in total. The van der Waals surface area contributed by atoms with Crippen molar-refractivity contribution in [3.05, 3.63) is 52.8 Å². The summed E-state index contributed by atoms with van der Waals surface area (Å²) >= 11 is 0. The fourth-order valence-electron chi connectivity index (χ4n) is 2.44. The SMILES string of the molecule is Cc1ccccc1-n1c(C)cc(C(=O)NCCO)c1C. The second-order valence-electron chi connectivity index (χ2n) is 4.89. The van der Waals surface area contributed by atoms with E-state index in [2.05, 4.69) is 22.9 Å². The van der Waals surface area contributed by atoms with Crippen molar-refractivity contribution in [1.82, 2.24) is 9.88 Å². The predicted molar refractivity (Wildman–Crippen MR) is 79.4 cm³/mol. The van der Waals surface area contributed by atoms with E-state index in [0.29, 0.717) is 5.56 Å². The number of para-hydroxylation sites is 1. The maximum Gasteiger partial charge on any atom is 0.253 e. The zero-order valence-corrected chi connectivity index (χ0v) is 12.1. The summed E-state index contributed by atoms with van der Waals surface area (Å²) < 4.78 is 2.09. The minimum atomic E-state index is -0.146. The van der Waals surface area contributed by atoms with Crippen LogP contribution in [0.4, 0.5) is 0 Å². The van der Waals surface area contributed by atoms with Crippen molar-refractivity contribution in [2.24, 2.45) is 0 Å². The van der Waals surface area contributed by atoms with Crippen LogP contribution < -0.4 is 5.32 Å². The third kappa shape index (κ3) is 2.60. The molecule has 0 saturated carbocycles. The van der Waals surface area contributed by atoms with E-state index in [1.165, 1.54) is 0 Å². The molecule has 4 heteroatoms. The second-order valence-corrected chi connectivity index (χ2v) is 4.89. The van der Waals surface area contributed by atoms with Crippen molar-refractivity contribution in [1.29, 1.82) is 0 Å². The number of aliphatic hydroxyl groups excluding tert-OH is 1. The van der Waals surface area contributed by atoms with Gasteiger partial charge < -0.3 is 15.0 Å². The lowest BCUT2D eigenvalue weighted by molar-refractivity contribution is 0.0944. The molecule has 0 saturated heterocycles. The number of rotatable bonds is 4. The van der Waals surface area contributed by atoms with E-state index >= 15 is 0 Å². The Balaban J connectivity index is 2.45. The summed E-state index contributed by atoms with van der Waals surface area (Å²) in [5, 5.41) is 11.5. The van der Waals surface area contributed by atoms with Crippen LogP contribution >= 0.6 is 0 Å². The highest BCUT2D eigenvalue weighted by Crippen LogP contribution is 2.23. The summed E-state index contributed by atoms with van der Waals surface area (Å²) in [6, 6.07) is 9.98. The number of amides is 1. The first kappa shape index (κ1) is 14.3. The smallest absolute Gasteiger partial charge is 0.253 e. The number of carbonyl (C=O) groups is 1. The Bertz CT molecular complexity index is 629. The van der Waals surface area contributed by atoms with E-state index in [0.717, 1.165) is 22.6 Å². The average Bonchev–Trinajstić information content (AvgIpc) is 2.72. The number of benzene rings is 1. The molecule has 106 valence electrons. The molecule has 0 aliphatic heterocycles. The van der Waals surface area contributed by atoms with Gasteiger partial charge in [-0.2, -0.15) is 0 Å². The van der Waals surface area contributed by atoms with Crippen LogP contribution in [0.5, 0.6) is 0 Å². The normalized spacial score (nSPS) is 10.6. The molecule has 1 amide bonds. The van der Waals surface area contributed by atoms with Crippen molar-refractivity contribution < 1.29 is 9.90 Å². The number of aromatic nitrogens is 1. The Morgan fingerprint density at radius 3 is 2.60 bits per heavy atom. The minimum Gasteiger partial charge on any atom is -0.395 e. The lowest BCUT2D eigenvalue weighted by Gasteiger charge is -2.12. The molecule has 1 aromatic heterocycles. The zero-order chi connectivity index (χ0) is 14.7. The lowest BCUT2D eigenvalue weighted by Crippen LogP contribution is -2.26. The maximum atomic E-state index is 12.1. The van der Waals surface area contributed by atoms with Gasteiger partial charge in [-0.25, -0.2) is 0 Å². The van der Waals surface area contributed by atoms with Crippen LogP contribution in [0.2, 0.25) is 0 Å². The van der Waals surface area contributed by atoms with Gasteiger partial charge in [0.05, 0.1) is 12.2 Å². The van der Waals surface area contributed by atoms with Gasteiger partial charge in [-0.3, -0.25) is 4.79 Å². The highest BCUT2D eigenvalue weighted by atomic mass is 16.3. The fourth-order valence-corrected chi connectivity index (χ4v) is 2.44. The van der Waals surface area contributed by atoms with E-state index < -0.39 is 0 Å². The first-order valence-electron chi connectivity index (χ1n) is 6.70. The average molecular weight is 272 g/mol. The highest BCUT2D eigenvalue weighted by Gasteiger charge is 2.16. The molecule has 0 unspecified atom stereocenters. The molecule has 0 spiro atoms. The van der Waals surface area contributed by atoms with Crippen molar-refractivity contribution in [3.8, 4) is 5.69 Å². The quantitative estimate of drug-likeness (QED) is 0.896. The molecule has 0 radical (unpaired) electrons. The number of aryl methyl sites for hydroxylation is 2. The summed E-state index contributed by atoms with van der Waals surface area (Å²) in [6.45, 7) is 6.20. The van der Waals surface area contributed by atoms with Gasteiger partial charge in [-0.1, -0.05) is 18.2 Å². The molecule has 1 aromatic carbocycles. The van der Waals surface area contributed by atoms with Crippen LogP contribution in [-0.2, 0) is 0 Å². The molecule has 0 bridgehead atoms. The molecular weight excluding hydrogens is 252 g/mol. The number of aliphatic hydroxyl groups is 1. The van der Waals surface area contributed by atoms with Crippen LogP contribution in [0.3, 0.4) is 0 Å². The Labute approximate surface area is 119 Å². The van der Waals surface area contributed by atoms with Gasteiger partial charge in [-0.15, -0.1) is 0 Å². The summed E-state index contributed by atoms with van der Waals surface area (Å²) in [7, 11) is 0. The van der Waals surface area contributed by atoms with Crippen LogP contribution in [0.25, 0.3) is 5.69 Å². The van der Waals surface area contributed by atoms with Gasteiger partial charge in [-0.05, 0) is 38.5 Å². The number of hydrogen-bond donors (Lipinski definition) is 2. The minimum absolute atomic E-state index is 0.0533. The number of hydrogen-bond acceptors (Lipinski definition) is 2. The number of carbonyl (C=O) groups excluding carboxylic acids is 1. The topological polar surface area (TPSA) is 54.3 Å². The van der Waals surface area contributed by atoms with E-state index in [-0.39, 0.29) is 19.1 Å². The van der Waals surface area contributed by atoms with E-state index in [4.69, 9.17) is 5.11 Å². The fraction of sp³-hybridized carbons (Fsp3) is 0.312. The van der Waals surface area contributed by atoms with Crippen molar-refractivity contribution in [2.75, 3.05) is 13.2 Å². The Morgan fingerprint density at radius 1 is 1.25 bits per heavy atom. The Morgan fingerprint density at radius 2 is 1.95 bits per heavy atom. The predicted octanol–water partition coefficient (Wildman–Crippen LogP) is 2.12. The molecular formula is C16H20N2O2. The van der Waals surface area contributed by atoms with E-state index in [1.807, 2.05) is 38.1 Å². The monoisotopic (exact) mass is 272 g/mol. The van der Waals surface area contributed by atoms with Gasteiger partial charge in [0.25, 0.3) is 5.91 Å². The van der Waals surface area contributed by atoms with Gasteiger partial charge in [0.15, 0.2) is 0 Å². The van der Waals surface area contributed by atoms with Crippen molar-refractivity contribution >= 4 is 5.91 Å². The van der Waals surface area contributed by atoms with Crippen molar-refractivity contribution in [3.63, 3.8) is 0 Å². The summed E-state index contributed by atoms with van der Waals surface area (Å²) in [5.41, 5.74) is 4.83. The number of nitrogens with zero attached hydrogens (tertiary/aromatic N) is 1. The molecule has 1 heterocycles. The molecule has 2 aromatic rings. The Hall–Kier alpha value is -2.07. The van der Waals surface area contributed by atoms with Crippen molar-refractivity contribution in [2.45, 2.75) is 20.8 Å². The van der Waals surface area contributed by atoms with E-state index in [1.54, 1.807) is 0 Å². The lowest BCUT2D eigenvalue weighted by atomic mass is 10.2. The molecule has 0 aliphatic rings. The van der Waals surface area contributed by atoms with Crippen LogP contribution in [0.15, 0.2) is 30.3 Å². The standard InChI is InChI=1S/C16H20N2O2/c1-11-6-4-5-7-15(11)18-12(2)10-14(13(18)3)16(20)17-8-9-19/h4-7,10,19H,8-9H2,1-3H3,(H,17,20).